The molecule has 2 fully saturated rings. The highest BCUT2D eigenvalue weighted by atomic mass is 35.5. The van der Waals surface area contributed by atoms with Gasteiger partial charge in [-0.25, -0.2) is 0 Å². The molecule has 1 saturated heterocycles. The molecule has 0 bridgehead atoms. The SMILES string of the molecule is Clc1cc(C2CCCNC2)oc1C1CCC1. The molecule has 1 aromatic heterocycles. The normalized spacial score (nSPS) is 26.7. The average Bonchev–Trinajstić information content (AvgIpc) is 2.60. The molecule has 1 N–H and O–H groups in total. The summed E-state index contributed by atoms with van der Waals surface area (Å²) in [6.07, 6.45) is 6.27. The van der Waals surface area contributed by atoms with Crippen LogP contribution in [-0.2, 0) is 0 Å². The summed E-state index contributed by atoms with van der Waals surface area (Å²) >= 11 is 6.26. The molecule has 0 radical (unpaired) electrons. The fourth-order valence-corrected chi connectivity index (χ4v) is 2.95. The van der Waals surface area contributed by atoms with Gasteiger partial charge in [0.25, 0.3) is 0 Å². The first-order valence-electron chi connectivity index (χ1n) is 6.34. The molecule has 0 amide bonds. The number of halogens is 1. The zero-order valence-corrected chi connectivity index (χ0v) is 10.2. The van der Waals surface area contributed by atoms with E-state index in [0.29, 0.717) is 11.8 Å². The fourth-order valence-electron chi connectivity index (χ4n) is 2.65. The van der Waals surface area contributed by atoms with Crippen LogP contribution in [0.3, 0.4) is 0 Å². The van der Waals surface area contributed by atoms with Crippen LogP contribution in [0.15, 0.2) is 10.5 Å². The van der Waals surface area contributed by atoms with Gasteiger partial charge in [0.05, 0.1) is 5.02 Å². The smallest absolute Gasteiger partial charge is 0.125 e. The summed E-state index contributed by atoms with van der Waals surface area (Å²) in [5.74, 6) is 3.27. The van der Waals surface area contributed by atoms with E-state index in [1.165, 1.54) is 32.1 Å². The van der Waals surface area contributed by atoms with Gasteiger partial charge in [-0.05, 0) is 38.3 Å². The predicted molar refractivity (Wildman–Crippen MR) is 65.2 cm³/mol. The zero-order valence-electron chi connectivity index (χ0n) is 9.47. The van der Waals surface area contributed by atoms with Gasteiger partial charge in [0.2, 0.25) is 0 Å². The Morgan fingerprint density at radius 3 is 2.62 bits per heavy atom. The van der Waals surface area contributed by atoms with Crippen LogP contribution < -0.4 is 5.32 Å². The molecule has 0 aromatic carbocycles. The Hall–Kier alpha value is -0.470. The van der Waals surface area contributed by atoms with Crippen molar-refractivity contribution in [3.63, 3.8) is 0 Å². The average molecular weight is 240 g/mol. The van der Waals surface area contributed by atoms with Crippen LogP contribution in [-0.4, -0.2) is 13.1 Å². The number of rotatable bonds is 2. The quantitative estimate of drug-likeness (QED) is 0.852. The minimum Gasteiger partial charge on any atom is -0.464 e. The molecular formula is C13H18ClNO. The topological polar surface area (TPSA) is 25.2 Å². The van der Waals surface area contributed by atoms with E-state index in [-0.39, 0.29) is 0 Å². The monoisotopic (exact) mass is 239 g/mol. The molecule has 1 atom stereocenters. The Morgan fingerprint density at radius 2 is 2.00 bits per heavy atom. The van der Waals surface area contributed by atoms with Gasteiger partial charge in [0, 0.05) is 18.4 Å². The highest BCUT2D eigenvalue weighted by molar-refractivity contribution is 6.31. The van der Waals surface area contributed by atoms with E-state index >= 15 is 0 Å². The van der Waals surface area contributed by atoms with Crippen LogP contribution in [0, 0.1) is 0 Å². The molecule has 1 aliphatic carbocycles. The lowest BCUT2D eigenvalue weighted by Crippen LogP contribution is -2.28. The molecule has 88 valence electrons. The van der Waals surface area contributed by atoms with Crippen molar-refractivity contribution in [1.29, 1.82) is 0 Å². The van der Waals surface area contributed by atoms with E-state index < -0.39 is 0 Å². The summed E-state index contributed by atoms with van der Waals surface area (Å²) in [6, 6.07) is 2.05. The summed E-state index contributed by atoms with van der Waals surface area (Å²) in [5, 5.41) is 4.27. The van der Waals surface area contributed by atoms with Crippen molar-refractivity contribution < 1.29 is 4.42 Å². The van der Waals surface area contributed by atoms with Crippen LogP contribution in [0.1, 0.15) is 55.5 Å². The molecule has 0 spiro atoms. The van der Waals surface area contributed by atoms with Gasteiger partial charge < -0.3 is 9.73 Å². The Balaban J connectivity index is 1.79. The van der Waals surface area contributed by atoms with Crippen molar-refractivity contribution in [3.05, 3.63) is 22.6 Å². The largest absolute Gasteiger partial charge is 0.464 e. The predicted octanol–water partition coefficient (Wildman–Crippen LogP) is 3.67. The lowest BCUT2D eigenvalue weighted by atomic mass is 9.84. The van der Waals surface area contributed by atoms with E-state index in [9.17, 15) is 0 Å². The summed E-state index contributed by atoms with van der Waals surface area (Å²) in [4.78, 5) is 0. The molecule has 1 aromatic rings. The first-order chi connectivity index (χ1) is 7.84. The Morgan fingerprint density at radius 1 is 1.19 bits per heavy atom. The summed E-state index contributed by atoms with van der Waals surface area (Å²) in [7, 11) is 0. The fraction of sp³-hybridized carbons (Fsp3) is 0.692. The molecular weight excluding hydrogens is 222 g/mol. The van der Waals surface area contributed by atoms with Crippen molar-refractivity contribution >= 4 is 11.6 Å². The van der Waals surface area contributed by atoms with Crippen molar-refractivity contribution in [2.24, 2.45) is 0 Å². The molecule has 3 heteroatoms. The molecule has 1 aliphatic heterocycles. The van der Waals surface area contributed by atoms with Gasteiger partial charge in [-0.1, -0.05) is 18.0 Å². The van der Waals surface area contributed by atoms with Crippen LogP contribution >= 0.6 is 11.6 Å². The van der Waals surface area contributed by atoms with Crippen molar-refractivity contribution in [2.75, 3.05) is 13.1 Å². The molecule has 1 unspecified atom stereocenters. The Kier molecular flexibility index (Phi) is 2.95. The van der Waals surface area contributed by atoms with Gasteiger partial charge in [0.15, 0.2) is 0 Å². The number of nitrogens with one attached hydrogen (secondary N) is 1. The molecule has 2 nitrogen and oxygen atoms in total. The third kappa shape index (κ3) is 1.89. The Bertz CT molecular complexity index is 364. The Labute approximate surface area is 101 Å². The highest BCUT2D eigenvalue weighted by Crippen LogP contribution is 2.42. The lowest BCUT2D eigenvalue weighted by molar-refractivity contribution is 0.315. The number of hydrogen-bond acceptors (Lipinski definition) is 2. The minimum atomic E-state index is 0.528. The number of piperidine rings is 1. The lowest BCUT2D eigenvalue weighted by Gasteiger charge is -2.24. The maximum absolute atomic E-state index is 6.26. The van der Waals surface area contributed by atoms with Crippen molar-refractivity contribution in [3.8, 4) is 0 Å². The van der Waals surface area contributed by atoms with E-state index in [0.717, 1.165) is 29.6 Å². The molecule has 16 heavy (non-hydrogen) atoms. The minimum absolute atomic E-state index is 0.528. The second-order valence-electron chi connectivity index (χ2n) is 5.03. The van der Waals surface area contributed by atoms with E-state index in [4.69, 9.17) is 16.0 Å². The van der Waals surface area contributed by atoms with E-state index in [2.05, 4.69) is 5.32 Å². The van der Waals surface area contributed by atoms with Gasteiger partial charge in [-0.2, -0.15) is 0 Å². The van der Waals surface area contributed by atoms with Gasteiger partial charge in [0.1, 0.15) is 11.5 Å². The van der Waals surface area contributed by atoms with Crippen LogP contribution in [0.4, 0.5) is 0 Å². The van der Waals surface area contributed by atoms with Crippen LogP contribution in [0.5, 0.6) is 0 Å². The summed E-state index contributed by atoms with van der Waals surface area (Å²) in [5.41, 5.74) is 0. The molecule has 1 saturated carbocycles. The van der Waals surface area contributed by atoms with Gasteiger partial charge in [-0.15, -0.1) is 0 Å². The summed E-state index contributed by atoms with van der Waals surface area (Å²) in [6.45, 7) is 2.17. The highest BCUT2D eigenvalue weighted by Gasteiger charge is 2.28. The number of furan rings is 1. The van der Waals surface area contributed by atoms with Crippen molar-refractivity contribution in [1.82, 2.24) is 5.32 Å². The van der Waals surface area contributed by atoms with Crippen LogP contribution in [0.2, 0.25) is 5.02 Å². The second-order valence-corrected chi connectivity index (χ2v) is 5.44. The number of hydrogen-bond donors (Lipinski definition) is 1. The first-order valence-corrected chi connectivity index (χ1v) is 6.72. The molecule has 2 aliphatic rings. The third-order valence-electron chi connectivity index (χ3n) is 3.91. The maximum atomic E-state index is 6.26. The first kappa shape index (κ1) is 10.7. The van der Waals surface area contributed by atoms with Crippen LogP contribution in [0.25, 0.3) is 0 Å². The molecule has 3 rings (SSSR count). The third-order valence-corrected chi connectivity index (χ3v) is 4.20. The van der Waals surface area contributed by atoms with Crippen molar-refractivity contribution in [2.45, 2.75) is 43.9 Å². The summed E-state index contributed by atoms with van der Waals surface area (Å²) < 4.78 is 5.99. The van der Waals surface area contributed by atoms with Gasteiger partial charge in [-0.3, -0.25) is 0 Å². The maximum Gasteiger partial charge on any atom is 0.125 e. The van der Waals surface area contributed by atoms with Gasteiger partial charge >= 0.3 is 0 Å². The zero-order chi connectivity index (χ0) is 11.0. The molecule has 2 heterocycles. The van der Waals surface area contributed by atoms with E-state index in [1.54, 1.807) is 0 Å². The van der Waals surface area contributed by atoms with E-state index in [1.807, 2.05) is 6.07 Å². The second kappa shape index (κ2) is 4.42. The standard InChI is InChI=1S/C13H18ClNO/c14-11-7-12(10-5-2-6-15-8-10)16-13(11)9-3-1-4-9/h7,9-10,15H,1-6,8H2.